The zero-order chi connectivity index (χ0) is 24.3. The van der Waals surface area contributed by atoms with Crippen molar-refractivity contribution >= 4 is 49.1 Å². The highest BCUT2D eigenvalue weighted by atomic mass is 35.5. The van der Waals surface area contributed by atoms with Gasteiger partial charge < -0.3 is 9.30 Å². The van der Waals surface area contributed by atoms with E-state index in [0.717, 1.165) is 23.1 Å². The van der Waals surface area contributed by atoms with E-state index in [4.69, 9.17) is 16.3 Å². The highest BCUT2D eigenvalue weighted by molar-refractivity contribution is 7.89. The SMILES string of the molecule is CCOCCn1c(=NC(=O)c2ccc(S(=O)(=O)N3CCCC(C)C3)cc2)sc2cccc(Cl)c21. The summed E-state index contributed by atoms with van der Waals surface area (Å²) in [7, 11) is -3.58. The first-order chi connectivity index (χ1) is 16.3. The maximum Gasteiger partial charge on any atom is 0.279 e. The summed E-state index contributed by atoms with van der Waals surface area (Å²) >= 11 is 7.81. The van der Waals surface area contributed by atoms with E-state index < -0.39 is 15.9 Å². The van der Waals surface area contributed by atoms with Gasteiger partial charge in [-0.15, -0.1) is 0 Å². The third kappa shape index (κ3) is 5.28. The summed E-state index contributed by atoms with van der Waals surface area (Å²) in [5.41, 5.74) is 1.14. The van der Waals surface area contributed by atoms with Crippen molar-refractivity contribution in [1.29, 1.82) is 0 Å². The number of nitrogens with zero attached hydrogens (tertiary/aromatic N) is 3. The Morgan fingerprint density at radius 1 is 1.24 bits per heavy atom. The fourth-order valence-electron chi connectivity index (χ4n) is 4.11. The molecule has 0 aliphatic carbocycles. The first-order valence-corrected chi connectivity index (χ1v) is 14.0. The molecule has 2 heterocycles. The summed E-state index contributed by atoms with van der Waals surface area (Å²) < 4.78 is 35.8. The Balaban J connectivity index is 1.63. The quantitative estimate of drug-likeness (QED) is 0.427. The van der Waals surface area contributed by atoms with Gasteiger partial charge in [0.1, 0.15) is 0 Å². The molecule has 3 aromatic rings. The smallest absolute Gasteiger partial charge is 0.279 e. The molecule has 0 spiro atoms. The Bertz CT molecular complexity index is 1350. The van der Waals surface area contributed by atoms with Gasteiger partial charge in [0.2, 0.25) is 10.0 Å². The summed E-state index contributed by atoms with van der Waals surface area (Å²) in [6.07, 6.45) is 1.90. The van der Waals surface area contributed by atoms with Crippen LogP contribution in [0.25, 0.3) is 10.2 Å². The van der Waals surface area contributed by atoms with Crippen molar-refractivity contribution in [1.82, 2.24) is 8.87 Å². The third-order valence-electron chi connectivity index (χ3n) is 5.87. The van der Waals surface area contributed by atoms with E-state index in [1.807, 2.05) is 29.7 Å². The molecule has 1 aliphatic rings. The van der Waals surface area contributed by atoms with E-state index in [0.29, 0.717) is 54.2 Å². The molecular formula is C24H28ClN3O4S2. The largest absolute Gasteiger partial charge is 0.380 e. The fraction of sp³-hybridized carbons (Fsp3) is 0.417. The van der Waals surface area contributed by atoms with Crippen molar-refractivity contribution in [3.8, 4) is 0 Å². The molecule has 1 atom stereocenters. The van der Waals surface area contributed by atoms with Gasteiger partial charge in [-0.1, -0.05) is 35.9 Å². The van der Waals surface area contributed by atoms with E-state index >= 15 is 0 Å². The van der Waals surface area contributed by atoms with Crippen LogP contribution < -0.4 is 4.80 Å². The second kappa shape index (κ2) is 10.7. The summed E-state index contributed by atoms with van der Waals surface area (Å²) in [4.78, 5) is 18.0. The summed E-state index contributed by atoms with van der Waals surface area (Å²) in [5.74, 6) is -0.101. The minimum absolute atomic E-state index is 0.193. The van der Waals surface area contributed by atoms with Crippen LogP contribution in [0, 0.1) is 5.92 Å². The number of piperidine rings is 1. The molecule has 1 aromatic heterocycles. The van der Waals surface area contributed by atoms with Gasteiger partial charge in [0, 0.05) is 31.8 Å². The van der Waals surface area contributed by atoms with Gasteiger partial charge in [0.05, 0.1) is 26.7 Å². The van der Waals surface area contributed by atoms with Gasteiger partial charge in [0.15, 0.2) is 4.80 Å². The number of thiazole rings is 1. The first kappa shape index (κ1) is 25.1. The first-order valence-electron chi connectivity index (χ1n) is 11.4. The van der Waals surface area contributed by atoms with Gasteiger partial charge in [-0.05, 0) is 62.1 Å². The minimum Gasteiger partial charge on any atom is -0.380 e. The predicted molar refractivity (Wildman–Crippen MR) is 135 cm³/mol. The zero-order valence-corrected chi connectivity index (χ0v) is 21.6. The Kier molecular flexibility index (Phi) is 7.89. The van der Waals surface area contributed by atoms with Crippen LogP contribution in [0.2, 0.25) is 5.02 Å². The molecule has 7 nitrogen and oxygen atoms in total. The highest BCUT2D eigenvalue weighted by Gasteiger charge is 2.28. The Morgan fingerprint density at radius 2 is 2.00 bits per heavy atom. The van der Waals surface area contributed by atoms with E-state index in [1.165, 1.54) is 39.9 Å². The minimum atomic E-state index is -3.58. The molecule has 1 saturated heterocycles. The second-order valence-corrected chi connectivity index (χ2v) is 11.7. The molecular weight excluding hydrogens is 494 g/mol. The van der Waals surface area contributed by atoms with Crippen molar-refractivity contribution in [2.45, 2.75) is 38.1 Å². The number of para-hydroxylation sites is 1. The van der Waals surface area contributed by atoms with Gasteiger partial charge in [-0.3, -0.25) is 4.79 Å². The lowest BCUT2D eigenvalue weighted by Gasteiger charge is -2.30. The number of amides is 1. The number of benzene rings is 2. The molecule has 182 valence electrons. The molecule has 0 saturated carbocycles. The van der Waals surface area contributed by atoms with E-state index in [-0.39, 0.29) is 4.90 Å². The van der Waals surface area contributed by atoms with Crippen molar-refractivity contribution in [2.24, 2.45) is 10.9 Å². The molecule has 0 bridgehead atoms. The van der Waals surface area contributed by atoms with Gasteiger partial charge in [-0.2, -0.15) is 9.30 Å². The highest BCUT2D eigenvalue weighted by Crippen LogP contribution is 2.26. The average Bonchev–Trinajstić information content (AvgIpc) is 3.17. The Morgan fingerprint density at radius 3 is 2.71 bits per heavy atom. The zero-order valence-electron chi connectivity index (χ0n) is 19.2. The maximum absolute atomic E-state index is 13.0. The number of halogens is 1. The van der Waals surface area contributed by atoms with Crippen LogP contribution in [0.4, 0.5) is 0 Å². The Labute approximate surface area is 208 Å². The number of ether oxygens (including phenoxy) is 1. The molecule has 2 aromatic carbocycles. The number of fused-ring (bicyclic) bond motifs is 1. The van der Waals surface area contributed by atoms with Crippen molar-refractivity contribution < 1.29 is 17.9 Å². The standard InChI is InChI=1S/C24H28ClN3O4S2/c1-3-32-15-14-28-22-20(25)7-4-8-21(22)33-24(28)26-23(29)18-9-11-19(12-10-18)34(30,31)27-13-5-6-17(2)16-27/h4,7-12,17H,3,5-6,13-16H2,1-2H3. The number of rotatable bonds is 7. The van der Waals surface area contributed by atoms with E-state index in [2.05, 4.69) is 11.9 Å². The topological polar surface area (TPSA) is 81.0 Å². The predicted octanol–water partition coefficient (Wildman–Crippen LogP) is 4.55. The normalized spacial score (nSPS) is 18.0. The van der Waals surface area contributed by atoms with Crippen LogP contribution in [0.3, 0.4) is 0 Å². The monoisotopic (exact) mass is 521 g/mol. The molecule has 34 heavy (non-hydrogen) atoms. The lowest BCUT2D eigenvalue weighted by Crippen LogP contribution is -2.39. The van der Waals surface area contributed by atoms with Crippen LogP contribution in [0.15, 0.2) is 52.4 Å². The lowest BCUT2D eigenvalue weighted by molar-refractivity contribution is 0.0996. The summed E-state index contributed by atoms with van der Waals surface area (Å²) in [6.45, 7) is 6.60. The van der Waals surface area contributed by atoms with Gasteiger partial charge in [-0.25, -0.2) is 8.42 Å². The molecule has 1 fully saturated rings. The van der Waals surface area contributed by atoms with Crippen molar-refractivity contribution in [3.63, 3.8) is 0 Å². The molecule has 0 radical (unpaired) electrons. The number of hydrogen-bond acceptors (Lipinski definition) is 5. The molecule has 10 heteroatoms. The van der Waals surface area contributed by atoms with E-state index in [9.17, 15) is 13.2 Å². The number of carbonyl (C=O) groups is 1. The Hall–Kier alpha value is -2.04. The molecule has 0 N–H and O–H groups in total. The van der Waals surface area contributed by atoms with Crippen LogP contribution in [-0.2, 0) is 21.3 Å². The van der Waals surface area contributed by atoms with E-state index in [1.54, 1.807) is 0 Å². The maximum atomic E-state index is 13.0. The molecule has 4 rings (SSSR count). The lowest BCUT2D eigenvalue weighted by atomic mass is 10.0. The summed E-state index contributed by atoms with van der Waals surface area (Å²) in [6, 6.07) is 11.6. The van der Waals surface area contributed by atoms with Crippen molar-refractivity contribution in [3.05, 3.63) is 57.9 Å². The number of aromatic nitrogens is 1. The van der Waals surface area contributed by atoms with Crippen LogP contribution in [-0.4, -0.2) is 49.5 Å². The average molecular weight is 522 g/mol. The second-order valence-electron chi connectivity index (χ2n) is 8.37. The van der Waals surface area contributed by atoms with Gasteiger partial charge in [0.25, 0.3) is 5.91 Å². The fourth-order valence-corrected chi connectivity index (χ4v) is 7.13. The molecule has 1 amide bonds. The number of hydrogen-bond donors (Lipinski definition) is 0. The van der Waals surface area contributed by atoms with Crippen LogP contribution in [0.1, 0.15) is 37.0 Å². The van der Waals surface area contributed by atoms with Gasteiger partial charge >= 0.3 is 0 Å². The number of carbonyl (C=O) groups excluding carboxylic acids is 1. The number of sulfonamides is 1. The van der Waals surface area contributed by atoms with Crippen LogP contribution >= 0.6 is 22.9 Å². The third-order valence-corrected chi connectivity index (χ3v) is 9.10. The molecule has 1 unspecified atom stereocenters. The van der Waals surface area contributed by atoms with Crippen LogP contribution in [0.5, 0.6) is 0 Å². The summed E-state index contributed by atoms with van der Waals surface area (Å²) in [5, 5.41) is 0.584. The van der Waals surface area contributed by atoms with Crippen molar-refractivity contribution in [2.75, 3.05) is 26.3 Å². The molecule has 1 aliphatic heterocycles.